The standard InChI is InChI=1S/C18H14N4O/c23-16-4-3-14-8-15(11-21-17(14)9-16)18-20-6-7-22(18)12-13-2-1-5-19-10-13/h1-11,23H,12H2. The minimum atomic E-state index is 0.218. The third kappa shape index (κ3) is 2.64. The SMILES string of the molecule is Oc1ccc2cc(-c3nccn3Cc3cccnc3)cnc2c1. The van der Waals surface area contributed by atoms with E-state index in [2.05, 4.69) is 19.5 Å². The predicted octanol–water partition coefficient (Wildman–Crippen LogP) is 3.25. The summed E-state index contributed by atoms with van der Waals surface area (Å²) >= 11 is 0. The Bertz CT molecular complexity index is 963. The number of hydrogen-bond acceptors (Lipinski definition) is 4. The Hall–Kier alpha value is -3.21. The summed E-state index contributed by atoms with van der Waals surface area (Å²) in [6.07, 6.45) is 9.13. The number of pyridine rings is 2. The third-order valence-corrected chi connectivity index (χ3v) is 3.72. The Morgan fingerprint density at radius 3 is 2.83 bits per heavy atom. The molecule has 3 heterocycles. The highest BCUT2D eigenvalue weighted by molar-refractivity contribution is 5.83. The lowest BCUT2D eigenvalue weighted by molar-refractivity contribution is 0.476. The van der Waals surface area contributed by atoms with Gasteiger partial charge < -0.3 is 9.67 Å². The van der Waals surface area contributed by atoms with Gasteiger partial charge in [-0.1, -0.05) is 6.07 Å². The molecule has 0 unspecified atom stereocenters. The van der Waals surface area contributed by atoms with E-state index in [1.165, 1.54) is 0 Å². The first-order chi connectivity index (χ1) is 11.3. The molecule has 4 aromatic rings. The van der Waals surface area contributed by atoms with Crippen LogP contribution in [-0.4, -0.2) is 24.6 Å². The minimum Gasteiger partial charge on any atom is -0.508 e. The number of rotatable bonds is 3. The minimum absolute atomic E-state index is 0.218. The molecule has 3 aromatic heterocycles. The lowest BCUT2D eigenvalue weighted by Crippen LogP contribution is -2.01. The van der Waals surface area contributed by atoms with Crippen molar-refractivity contribution in [1.29, 1.82) is 0 Å². The molecule has 0 radical (unpaired) electrons. The van der Waals surface area contributed by atoms with Gasteiger partial charge in [0.1, 0.15) is 11.6 Å². The van der Waals surface area contributed by atoms with E-state index in [9.17, 15) is 5.11 Å². The summed E-state index contributed by atoms with van der Waals surface area (Å²) in [4.78, 5) is 13.0. The zero-order valence-corrected chi connectivity index (χ0v) is 12.3. The maximum absolute atomic E-state index is 9.53. The van der Waals surface area contributed by atoms with E-state index in [-0.39, 0.29) is 5.75 Å². The van der Waals surface area contributed by atoms with Gasteiger partial charge in [-0.25, -0.2) is 4.98 Å². The molecule has 0 bridgehead atoms. The number of aromatic nitrogens is 4. The Labute approximate surface area is 132 Å². The van der Waals surface area contributed by atoms with Gasteiger partial charge in [0.05, 0.1) is 12.1 Å². The van der Waals surface area contributed by atoms with Crippen molar-refractivity contribution in [3.63, 3.8) is 0 Å². The van der Waals surface area contributed by atoms with Crippen LogP contribution < -0.4 is 0 Å². The van der Waals surface area contributed by atoms with Gasteiger partial charge in [0.15, 0.2) is 0 Å². The molecule has 112 valence electrons. The number of fused-ring (bicyclic) bond motifs is 1. The molecule has 0 saturated heterocycles. The second kappa shape index (κ2) is 5.53. The largest absolute Gasteiger partial charge is 0.508 e. The molecular weight excluding hydrogens is 288 g/mol. The summed E-state index contributed by atoms with van der Waals surface area (Å²) in [5, 5.41) is 10.5. The summed E-state index contributed by atoms with van der Waals surface area (Å²) in [5.41, 5.74) is 2.82. The van der Waals surface area contributed by atoms with Crippen molar-refractivity contribution in [3.05, 3.63) is 72.9 Å². The highest BCUT2D eigenvalue weighted by Gasteiger charge is 2.08. The maximum atomic E-state index is 9.53. The Kier molecular flexibility index (Phi) is 3.24. The molecule has 0 fully saturated rings. The molecule has 1 N–H and O–H groups in total. The van der Waals surface area contributed by atoms with Gasteiger partial charge in [-0.2, -0.15) is 0 Å². The summed E-state index contributed by atoms with van der Waals surface area (Å²) in [6, 6.07) is 11.2. The molecule has 0 saturated carbocycles. The first-order valence-corrected chi connectivity index (χ1v) is 7.29. The molecule has 5 nitrogen and oxygen atoms in total. The number of aromatic hydroxyl groups is 1. The van der Waals surface area contributed by atoms with E-state index in [4.69, 9.17) is 0 Å². The summed E-state index contributed by atoms with van der Waals surface area (Å²) in [5.74, 6) is 1.08. The molecule has 4 rings (SSSR count). The van der Waals surface area contributed by atoms with Gasteiger partial charge in [0.25, 0.3) is 0 Å². The Morgan fingerprint density at radius 1 is 1.00 bits per heavy atom. The first kappa shape index (κ1) is 13.5. The van der Waals surface area contributed by atoms with Crippen LogP contribution in [-0.2, 0) is 6.54 Å². The van der Waals surface area contributed by atoms with Crippen molar-refractivity contribution < 1.29 is 5.11 Å². The lowest BCUT2D eigenvalue weighted by Gasteiger charge is -2.08. The number of nitrogens with zero attached hydrogens (tertiary/aromatic N) is 4. The molecule has 0 aliphatic carbocycles. The monoisotopic (exact) mass is 302 g/mol. The number of phenols is 1. The second-order valence-corrected chi connectivity index (χ2v) is 5.34. The van der Waals surface area contributed by atoms with Crippen LogP contribution in [0.25, 0.3) is 22.3 Å². The smallest absolute Gasteiger partial charge is 0.141 e. The number of hydrogen-bond donors (Lipinski definition) is 1. The van der Waals surface area contributed by atoms with Crippen molar-refractivity contribution in [1.82, 2.24) is 19.5 Å². The van der Waals surface area contributed by atoms with E-state index in [1.54, 1.807) is 30.7 Å². The van der Waals surface area contributed by atoms with E-state index < -0.39 is 0 Å². The van der Waals surface area contributed by atoms with Crippen LogP contribution in [0.3, 0.4) is 0 Å². The number of benzene rings is 1. The van der Waals surface area contributed by atoms with Gasteiger partial charge >= 0.3 is 0 Å². The predicted molar refractivity (Wildman–Crippen MR) is 88.0 cm³/mol. The Morgan fingerprint density at radius 2 is 1.96 bits per heavy atom. The van der Waals surface area contributed by atoms with Crippen molar-refractivity contribution >= 4 is 10.9 Å². The van der Waals surface area contributed by atoms with Crippen molar-refractivity contribution in [3.8, 4) is 17.1 Å². The zero-order valence-electron chi connectivity index (χ0n) is 12.3. The highest BCUT2D eigenvalue weighted by atomic mass is 16.3. The zero-order chi connectivity index (χ0) is 15.6. The van der Waals surface area contributed by atoms with Gasteiger partial charge in [-0.3, -0.25) is 9.97 Å². The van der Waals surface area contributed by atoms with E-state index >= 15 is 0 Å². The summed E-state index contributed by atoms with van der Waals surface area (Å²) < 4.78 is 2.07. The number of phenolic OH excluding ortho intramolecular Hbond substituents is 1. The average molecular weight is 302 g/mol. The Balaban J connectivity index is 1.74. The van der Waals surface area contributed by atoms with Crippen LogP contribution in [0.1, 0.15) is 5.56 Å². The topological polar surface area (TPSA) is 63.8 Å². The van der Waals surface area contributed by atoms with Crippen molar-refractivity contribution in [2.45, 2.75) is 6.54 Å². The van der Waals surface area contributed by atoms with Crippen molar-refractivity contribution in [2.24, 2.45) is 0 Å². The quantitative estimate of drug-likeness (QED) is 0.631. The van der Waals surface area contributed by atoms with Gasteiger partial charge in [-0.15, -0.1) is 0 Å². The van der Waals surface area contributed by atoms with Crippen LogP contribution in [0, 0.1) is 0 Å². The molecule has 1 aromatic carbocycles. The average Bonchev–Trinajstić information content (AvgIpc) is 3.03. The lowest BCUT2D eigenvalue weighted by atomic mass is 10.1. The molecular formula is C18H14N4O. The van der Waals surface area contributed by atoms with E-state index in [0.717, 1.165) is 27.9 Å². The summed E-state index contributed by atoms with van der Waals surface area (Å²) in [6.45, 7) is 0.705. The van der Waals surface area contributed by atoms with Crippen LogP contribution >= 0.6 is 0 Å². The molecule has 5 heteroatoms. The van der Waals surface area contributed by atoms with Gasteiger partial charge in [0.2, 0.25) is 0 Å². The van der Waals surface area contributed by atoms with E-state index in [0.29, 0.717) is 6.54 Å². The highest BCUT2D eigenvalue weighted by Crippen LogP contribution is 2.24. The van der Waals surface area contributed by atoms with E-state index in [1.807, 2.05) is 36.7 Å². The molecule has 0 aliphatic heterocycles. The van der Waals surface area contributed by atoms with Crippen LogP contribution in [0.15, 0.2) is 67.4 Å². The van der Waals surface area contributed by atoms with Gasteiger partial charge in [0, 0.05) is 48.0 Å². The molecule has 0 amide bonds. The first-order valence-electron chi connectivity index (χ1n) is 7.29. The van der Waals surface area contributed by atoms with Crippen LogP contribution in [0.4, 0.5) is 0 Å². The summed E-state index contributed by atoms with van der Waals surface area (Å²) in [7, 11) is 0. The second-order valence-electron chi connectivity index (χ2n) is 5.34. The fourth-order valence-electron chi connectivity index (χ4n) is 2.62. The fourth-order valence-corrected chi connectivity index (χ4v) is 2.62. The normalized spacial score (nSPS) is 11.0. The van der Waals surface area contributed by atoms with Crippen LogP contribution in [0.2, 0.25) is 0 Å². The number of imidazole rings is 1. The van der Waals surface area contributed by atoms with Crippen LogP contribution in [0.5, 0.6) is 5.75 Å². The molecule has 23 heavy (non-hydrogen) atoms. The van der Waals surface area contributed by atoms with Crippen molar-refractivity contribution in [2.75, 3.05) is 0 Å². The third-order valence-electron chi connectivity index (χ3n) is 3.72. The fraction of sp³-hybridized carbons (Fsp3) is 0.0556. The molecule has 0 aliphatic rings. The molecule has 0 atom stereocenters. The van der Waals surface area contributed by atoms with Gasteiger partial charge in [-0.05, 0) is 29.8 Å². The molecule has 0 spiro atoms. The maximum Gasteiger partial charge on any atom is 0.141 e.